The number of carbonyl (C=O) groups excluding carboxylic acids is 3. The van der Waals surface area contributed by atoms with Crippen molar-refractivity contribution in [2.45, 2.75) is 85.0 Å². The van der Waals surface area contributed by atoms with Crippen molar-refractivity contribution in [3.8, 4) is 0 Å². The first kappa shape index (κ1) is 23.2. The minimum Gasteiger partial charge on any atom is -0.356 e. The van der Waals surface area contributed by atoms with Crippen molar-refractivity contribution in [2.24, 2.45) is 5.92 Å². The van der Waals surface area contributed by atoms with E-state index in [0.717, 1.165) is 18.2 Å². The van der Waals surface area contributed by atoms with E-state index in [-0.39, 0.29) is 23.2 Å². The number of ketones is 1. The quantitative estimate of drug-likeness (QED) is 0.346. The number of rotatable bonds is 15. The molecule has 0 heterocycles. The smallest absolute Gasteiger partial charge is 0.216 e. The van der Waals surface area contributed by atoms with Gasteiger partial charge >= 0.3 is 0 Å². The molecule has 24 heavy (non-hydrogen) atoms. The fraction of sp³-hybridized carbons (Fsp3) is 0.842. The lowest BCUT2D eigenvalue weighted by atomic mass is 9.96. The van der Waals surface area contributed by atoms with E-state index in [0.29, 0.717) is 24.6 Å². The Kier molecular flexibility index (Phi) is 15.1. The van der Waals surface area contributed by atoms with Crippen LogP contribution in [0.3, 0.4) is 0 Å². The Hall–Kier alpha value is -0.840. The third-order valence-electron chi connectivity index (χ3n) is 3.96. The highest BCUT2D eigenvalue weighted by Crippen LogP contribution is 2.17. The molecule has 0 fully saturated rings. The molecule has 0 aromatic carbocycles. The lowest BCUT2D eigenvalue weighted by Gasteiger charge is -2.10. The molecular formula is C19H35NO3S. The van der Waals surface area contributed by atoms with Crippen LogP contribution < -0.4 is 5.32 Å². The van der Waals surface area contributed by atoms with Crippen molar-refractivity contribution in [1.29, 1.82) is 0 Å². The molecule has 5 heteroatoms. The summed E-state index contributed by atoms with van der Waals surface area (Å²) in [6, 6.07) is 0. The van der Waals surface area contributed by atoms with Gasteiger partial charge in [-0.1, -0.05) is 77.0 Å². The van der Waals surface area contributed by atoms with Gasteiger partial charge in [0.1, 0.15) is 5.78 Å². The summed E-state index contributed by atoms with van der Waals surface area (Å²) in [4.78, 5) is 34.3. The molecule has 0 saturated heterocycles. The number of hydrogen-bond donors (Lipinski definition) is 1. The van der Waals surface area contributed by atoms with Crippen LogP contribution in [0.5, 0.6) is 0 Å². The van der Waals surface area contributed by atoms with E-state index >= 15 is 0 Å². The van der Waals surface area contributed by atoms with Gasteiger partial charge in [0.15, 0.2) is 5.12 Å². The first-order valence-electron chi connectivity index (χ1n) is 9.37. The number of unbranched alkanes of at least 4 members (excludes halogenated alkanes) is 6. The number of thioether (sulfide) groups is 1. The van der Waals surface area contributed by atoms with E-state index in [1.807, 2.05) is 0 Å². The zero-order valence-electron chi connectivity index (χ0n) is 15.7. The third-order valence-corrected chi connectivity index (χ3v) is 4.83. The van der Waals surface area contributed by atoms with Gasteiger partial charge in [-0.15, -0.1) is 0 Å². The Morgan fingerprint density at radius 3 is 2.25 bits per heavy atom. The van der Waals surface area contributed by atoms with Gasteiger partial charge in [0.25, 0.3) is 0 Å². The second-order valence-electron chi connectivity index (χ2n) is 6.64. The Bertz CT molecular complexity index is 372. The van der Waals surface area contributed by atoms with Crippen LogP contribution in [0.25, 0.3) is 0 Å². The summed E-state index contributed by atoms with van der Waals surface area (Å²) in [5.41, 5.74) is 0. The maximum atomic E-state index is 11.9. The first-order valence-corrected chi connectivity index (χ1v) is 10.4. The average Bonchev–Trinajstić information content (AvgIpc) is 2.50. The minimum atomic E-state index is -0.0988. The first-order chi connectivity index (χ1) is 11.5. The summed E-state index contributed by atoms with van der Waals surface area (Å²) in [5.74, 6) is 0.838. The van der Waals surface area contributed by atoms with E-state index in [9.17, 15) is 14.4 Å². The Balaban J connectivity index is 3.60. The van der Waals surface area contributed by atoms with E-state index in [4.69, 9.17) is 0 Å². The minimum absolute atomic E-state index is 0.0199. The van der Waals surface area contributed by atoms with Crippen LogP contribution in [0.15, 0.2) is 0 Å². The lowest BCUT2D eigenvalue weighted by molar-refractivity contribution is -0.124. The van der Waals surface area contributed by atoms with Crippen LogP contribution in [0.2, 0.25) is 0 Å². The summed E-state index contributed by atoms with van der Waals surface area (Å²) in [6.45, 7) is 6.24. The molecule has 0 radical (unpaired) electrons. The summed E-state index contributed by atoms with van der Waals surface area (Å²) < 4.78 is 0. The molecule has 0 spiro atoms. The largest absolute Gasteiger partial charge is 0.356 e. The Morgan fingerprint density at radius 1 is 1.00 bits per heavy atom. The topological polar surface area (TPSA) is 63.2 Å². The SMILES string of the molecule is CCCCCCCCCC(C)CC(=O)CC(=O)SCCNC(C)=O. The molecule has 1 unspecified atom stereocenters. The zero-order chi connectivity index (χ0) is 18.2. The van der Waals surface area contributed by atoms with Crippen molar-refractivity contribution in [2.75, 3.05) is 12.3 Å². The Morgan fingerprint density at radius 2 is 1.62 bits per heavy atom. The van der Waals surface area contributed by atoms with Gasteiger partial charge in [-0.05, 0) is 5.92 Å². The lowest BCUT2D eigenvalue weighted by Crippen LogP contribution is -2.23. The van der Waals surface area contributed by atoms with Gasteiger partial charge in [0, 0.05) is 25.6 Å². The van der Waals surface area contributed by atoms with Crippen LogP contribution in [0.1, 0.15) is 85.0 Å². The van der Waals surface area contributed by atoms with Crippen molar-refractivity contribution in [3.05, 3.63) is 0 Å². The van der Waals surface area contributed by atoms with Gasteiger partial charge in [-0.3, -0.25) is 14.4 Å². The number of Topliss-reactive ketones (excluding diaryl/α,β-unsaturated/α-hetero) is 1. The van der Waals surface area contributed by atoms with Gasteiger partial charge in [0.2, 0.25) is 5.91 Å². The van der Waals surface area contributed by atoms with Gasteiger partial charge in [-0.2, -0.15) is 0 Å². The average molecular weight is 358 g/mol. The molecule has 1 N–H and O–H groups in total. The van der Waals surface area contributed by atoms with E-state index in [2.05, 4.69) is 19.2 Å². The van der Waals surface area contributed by atoms with E-state index in [1.54, 1.807) is 0 Å². The monoisotopic (exact) mass is 357 g/mol. The molecule has 0 aliphatic heterocycles. The molecular weight excluding hydrogens is 322 g/mol. The molecule has 0 bridgehead atoms. The maximum Gasteiger partial charge on any atom is 0.216 e. The fourth-order valence-corrected chi connectivity index (χ4v) is 3.31. The van der Waals surface area contributed by atoms with Crippen LogP contribution >= 0.6 is 11.8 Å². The number of carbonyl (C=O) groups is 3. The van der Waals surface area contributed by atoms with Crippen molar-refractivity contribution >= 4 is 28.6 Å². The molecule has 0 aliphatic rings. The Labute approximate surface area is 151 Å². The standard InChI is InChI=1S/C19H35NO3S/c1-4-5-6-7-8-9-10-11-16(2)14-18(22)15-19(23)24-13-12-20-17(3)21/h16H,4-15H2,1-3H3,(H,20,21). The molecule has 4 nitrogen and oxygen atoms in total. The summed E-state index contributed by atoms with van der Waals surface area (Å²) in [7, 11) is 0. The molecule has 1 amide bonds. The highest BCUT2D eigenvalue weighted by atomic mass is 32.2. The molecule has 0 rings (SSSR count). The molecule has 140 valence electrons. The molecule has 0 aromatic heterocycles. The third kappa shape index (κ3) is 16.0. The predicted octanol–water partition coefficient (Wildman–Crippen LogP) is 4.51. The molecule has 0 aromatic rings. The summed E-state index contributed by atoms with van der Waals surface area (Å²) >= 11 is 1.13. The van der Waals surface area contributed by atoms with E-state index < -0.39 is 0 Å². The van der Waals surface area contributed by atoms with Crippen molar-refractivity contribution < 1.29 is 14.4 Å². The van der Waals surface area contributed by atoms with Crippen LogP contribution in [0, 0.1) is 5.92 Å². The highest BCUT2D eigenvalue weighted by molar-refractivity contribution is 8.13. The zero-order valence-corrected chi connectivity index (χ0v) is 16.5. The van der Waals surface area contributed by atoms with E-state index in [1.165, 1.54) is 51.9 Å². The highest BCUT2D eigenvalue weighted by Gasteiger charge is 2.13. The van der Waals surface area contributed by atoms with Crippen LogP contribution in [-0.2, 0) is 14.4 Å². The van der Waals surface area contributed by atoms with Crippen LogP contribution in [0.4, 0.5) is 0 Å². The van der Waals surface area contributed by atoms with Crippen LogP contribution in [-0.4, -0.2) is 29.1 Å². The normalized spacial score (nSPS) is 12.0. The van der Waals surface area contributed by atoms with Gasteiger partial charge < -0.3 is 5.32 Å². The van der Waals surface area contributed by atoms with Gasteiger partial charge in [-0.25, -0.2) is 0 Å². The summed E-state index contributed by atoms with van der Waals surface area (Å²) in [6.07, 6.45) is 10.6. The fourth-order valence-electron chi connectivity index (χ4n) is 2.62. The summed E-state index contributed by atoms with van der Waals surface area (Å²) in [5, 5.41) is 2.54. The second-order valence-corrected chi connectivity index (χ2v) is 7.79. The van der Waals surface area contributed by atoms with Crippen molar-refractivity contribution in [3.63, 3.8) is 0 Å². The molecule has 1 atom stereocenters. The second kappa shape index (κ2) is 15.7. The molecule has 0 saturated carbocycles. The molecule has 0 aliphatic carbocycles. The van der Waals surface area contributed by atoms with Gasteiger partial charge in [0.05, 0.1) is 6.42 Å². The number of nitrogens with one attached hydrogen (secondary N) is 1. The number of hydrogen-bond acceptors (Lipinski definition) is 4. The maximum absolute atomic E-state index is 11.9. The van der Waals surface area contributed by atoms with Crippen molar-refractivity contribution in [1.82, 2.24) is 5.32 Å². The predicted molar refractivity (Wildman–Crippen MR) is 102 cm³/mol. The number of amides is 1.